The van der Waals surface area contributed by atoms with Gasteiger partial charge in [-0.1, -0.05) is 13.8 Å². The van der Waals surface area contributed by atoms with Gasteiger partial charge in [0, 0.05) is 16.5 Å². The SMILES string of the molecule is CCOc1ccc(NC(=O)[C@@H]2[C@@H]3CCC4(S3)C(C(=O)NC(C)(C)C)N([C@@H](CO)C(C)C)C(=O)[C@H]24)cc1. The number of anilines is 1. The van der Waals surface area contributed by atoms with Gasteiger partial charge in [0.25, 0.3) is 0 Å². The standard InChI is InChI=1S/C27H39N3O5S/c1-7-35-17-10-8-16(9-11-17)28-23(32)20-19-12-13-27(36-19)21(20)25(34)30(18(14-31)15(2)3)22(27)24(33)29-26(4,5)6/h8-11,15,18-22,31H,7,12-14H2,1-6H3,(H,28,32)(H,29,33)/t18-,19-,20+,21-,22?,27?/m0/s1. The maximum atomic E-state index is 14.1. The number of benzene rings is 1. The zero-order valence-electron chi connectivity index (χ0n) is 22.0. The molecule has 0 aliphatic carbocycles. The number of carbonyl (C=O) groups is 3. The third-order valence-corrected chi connectivity index (χ3v) is 9.49. The number of fused-ring (bicyclic) bond motifs is 1. The third kappa shape index (κ3) is 4.60. The fourth-order valence-electron chi connectivity index (χ4n) is 6.13. The fourth-order valence-corrected chi connectivity index (χ4v) is 8.34. The quantitative estimate of drug-likeness (QED) is 0.489. The molecule has 1 aromatic rings. The molecular weight excluding hydrogens is 478 g/mol. The molecule has 6 atom stereocenters. The van der Waals surface area contributed by atoms with E-state index in [0.717, 1.165) is 12.2 Å². The van der Waals surface area contributed by atoms with Crippen LogP contribution in [0.2, 0.25) is 0 Å². The van der Waals surface area contributed by atoms with E-state index in [1.165, 1.54) is 0 Å². The second-order valence-electron chi connectivity index (χ2n) is 11.5. The second-order valence-corrected chi connectivity index (χ2v) is 13.1. The topological polar surface area (TPSA) is 108 Å². The van der Waals surface area contributed by atoms with Gasteiger partial charge in [-0.25, -0.2) is 0 Å². The molecule has 3 aliphatic rings. The molecule has 3 N–H and O–H groups in total. The van der Waals surface area contributed by atoms with Crippen molar-refractivity contribution in [1.29, 1.82) is 0 Å². The monoisotopic (exact) mass is 517 g/mol. The maximum Gasteiger partial charge on any atom is 0.244 e. The number of nitrogens with one attached hydrogen (secondary N) is 2. The number of aliphatic hydroxyl groups excluding tert-OH is 1. The molecule has 8 nitrogen and oxygen atoms in total. The molecule has 0 aromatic heterocycles. The molecule has 3 aliphatic heterocycles. The van der Waals surface area contributed by atoms with Gasteiger partial charge in [0.1, 0.15) is 11.8 Å². The molecule has 0 saturated carbocycles. The normalized spacial score (nSPS) is 29.9. The first-order valence-electron chi connectivity index (χ1n) is 12.9. The number of ether oxygens (including phenoxy) is 1. The van der Waals surface area contributed by atoms with Gasteiger partial charge >= 0.3 is 0 Å². The van der Waals surface area contributed by atoms with Crippen molar-refractivity contribution in [2.45, 2.75) is 82.0 Å². The smallest absolute Gasteiger partial charge is 0.244 e. The van der Waals surface area contributed by atoms with E-state index >= 15 is 0 Å². The molecule has 3 heterocycles. The molecule has 36 heavy (non-hydrogen) atoms. The van der Waals surface area contributed by atoms with E-state index in [1.54, 1.807) is 40.9 Å². The van der Waals surface area contributed by atoms with E-state index in [-0.39, 0.29) is 35.5 Å². The van der Waals surface area contributed by atoms with Crippen LogP contribution in [-0.4, -0.2) is 68.6 Å². The summed E-state index contributed by atoms with van der Waals surface area (Å²) in [5.41, 5.74) is 0.170. The lowest BCUT2D eigenvalue weighted by atomic mass is 9.70. The van der Waals surface area contributed by atoms with E-state index in [4.69, 9.17) is 4.74 Å². The first-order chi connectivity index (χ1) is 16.9. The van der Waals surface area contributed by atoms with E-state index in [2.05, 4.69) is 10.6 Å². The molecule has 2 unspecified atom stereocenters. The predicted octanol–water partition coefficient (Wildman–Crippen LogP) is 3.05. The van der Waals surface area contributed by atoms with Crippen LogP contribution < -0.4 is 15.4 Å². The number of carbonyl (C=O) groups excluding carboxylic acids is 3. The highest BCUT2D eigenvalue weighted by Gasteiger charge is 2.74. The number of hydrogen-bond donors (Lipinski definition) is 3. The van der Waals surface area contributed by atoms with Crippen molar-refractivity contribution in [2.24, 2.45) is 17.8 Å². The minimum absolute atomic E-state index is 0.0274. The van der Waals surface area contributed by atoms with Crippen molar-refractivity contribution in [3.63, 3.8) is 0 Å². The van der Waals surface area contributed by atoms with Crippen molar-refractivity contribution in [3.8, 4) is 5.75 Å². The lowest BCUT2D eigenvalue weighted by Gasteiger charge is -2.39. The number of aliphatic hydroxyl groups is 1. The molecule has 1 spiro atoms. The van der Waals surface area contributed by atoms with Gasteiger partial charge in [-0.05, 0) is 70.7 Å². The van der Waals surface area contributed by atoms with Crippen LogP contribution in [0.5, 0.6) is 5.75 Å². The van der Waals surface area contributed by atoms with Crippen molar-refractivity contribution in [3.05, 3.63) is 24.3 Å². The number of nitrogens with zero attached hydrogens (tertiary/aromatic N) is 1. The van der Waals surface area contributed by atoms with Crippen molar-refractivity contribution in [1.82, 2.24) is 10.2 Å². The van der Waals surface area contributed by atoms with Gasteiger partial charge in [-0.3, -0.25) is 14.4 Å². The zero-order chi connectivity index (χ0) is 26.4. The highest BCUT2D eigenvalue weighted by Crippen LogP contribution is 2.66. The van der Waals surface area contributed by atoms with Crippen LogP contribution in [-0.2, 0) is 14.4 Å². The zero-order valence-corrected chi connectivity index (χ0v) is 22.9. The summed E-state index contributed by atoms with van der Waals surface area (Å²) in [7, 11) is 0. The van der Waals surface area contributed by atoms with Gasteiger partial charge < -0.3 is 25.4 Å². The fraction of sp³-hybridized carbons (Fsp3) is 0.667. The predicted molar refractivity (Wildman–Crippen MR) is 141 cm³/mol. The molecule has 198 valence electrons. The summed E-state index contributed by atoms with van der Waals surface area (Å²) in [6.45, 7) is 11.9. The number of likely N-dealkylation sites (tertiary alicyclic amines) is 1. The average Bonchev–Trinajstić information content (AvgIpc) is 3.42. The Morgan fingerprint density at radius 2 is 1.89 bits per heavy atom. The minimum atomic E-state index is -0.730. The van der Waals surface area contributed by atoms with Gasteiger partial charge in [0.05, 0.1) is 35.8 Å². The molecule has 3 saturated heterocycles. The largest absolute Gasteiger partial charge is 0.494 e. The molecular formula is C27H39N3O5S. The number of hydrogen-bond acceptors (Lipinski definition) is 6. The first kappa shape index (κ1) is 26.8. The van der Waals surface area contributed by atoms with Gasteiger partial charge in [-0.2, -0.15) is 0 Å². The summed E-state index contributed by atoms with van der Waals surface area (Å²) < 4.78 is 4.80. The lowest BCUT2D eigenvalue weighted by Crippen LogP contribution is -2.60. The number of rotatable bonds is 8. The van der Waals surface area contributed by atoms with Crippen LogP contribution in [0.4, 0.5) is 5.69 Å². The Balaban J connectivity index is 1.67. The molecule has 2 bridgehead atoms. The molecule has 0 radical (unpaired) electrons. The van der Waals surface area contributed by atoms with Crippen molar-refractivity contribution >= 4 is 35.2 Å². The highest BCUT2D eigenvalue weighted by atomic mass is 32.2. The number of amides is 3. The lowest BCUT2D eigenvalue weighted by molar-refractivity contribution is -0.143. The van der Waals surface area contributed by atoms with Gasteiger partial charge in [0.2, 0.25) is 17.7 Å². The summed E-state index contributed by atoms with van der Waals surface area (Å²) >= 11 is 1.63. The molecule has 1 aromatic carbocycles. The van der Waals surface area contributed by atoms with Crippen LogP contribution in [0, 0.1) is 17.8 Å². The summed E-state index contributed by atoms with van der Waals surface area (Å²) in [5.74, 6) is -1.06. The van der Waals surface area contributed by atoms with E-state index in [9.17, 15) is 19.5 Å². The van der Waals surface area contributed by atoms with Crippen LogP contribution >= 0.6 is 11.8 Å². The van der Waals surface area contributed by atoms with Crippen molar-refractivity contribution in [2.75, 3.05) is 18.5 Å². The summed E-state index contributed by atoms with van der Waals surface area (Å²) in [5, 5.41) is 16.3. The van der Waals surface area contributed by atoms with Crippen molar-refractivity contribution < 1.29 is 24.2 Å². The van der Waals surface area contributed by atoms with Gasteiger partial charge in [0.15, 0.2) is 0 Å². The van der Waals surface area contributed by atoms with Crippen LogP contribution in [0.15, 0.2) is 24.3 Å². The van der Waals surface area contributed by atoms with E-state index < -0.39 is 34.2 Å². The first-order valence-corrected chi connectivity index (χ1v) is 13.8. The Morgan fingerprint density at radius 3 is 2.44 bits per heavy atom. The van der Waals surface area contributed by atoms with E-state index in [0.29, 0.717) is 18.7 Å². The van der Waals surface area contributed by atoms with E-state index in [1.807, 2.05) is 41.5 Å². The molecule has 3 fully saturated rings. The Kier molecular flexibility index (Phi) is 7.36. The Hall–Kier alpha value is -2.26. The highest BCUT2D eigenvalue weighted by molar-refractivity contribution is 8.02. The molecule has 9 heteroatoms. The van der Waals surface area contributed by atoms with Crippen LogP contribution in [0.1, 0.15) is 54.4 Å². The van der Waals surface area contributed by atoms with Gasteiger partial charge in [-0.15, -0.1) is 11.8 Å². The summed E-state index contributed by atoms with van der Waals surface area (Å²) in [6.07, 6.45) is 1.47. The average molecular weight is 518 g/mol. The second kappa shape index (κ2) is 9.89. The number of thioether (sulfide) groups is 1. The Bertz CT molecular complexity index is 1010. The Morgan fingerprint density at radius 1 is 1.22 bits per heavy atom. The molecule has 4 rings (SSSR count). The van der Waals surface area contributed by atoms with Crippen LogP contribution in [0.25, 0.3) is 0 Å². The Labute approximate surface area is 217 Å². The summed E-state index contributed by atoms with van der Waals surface area (Å²) in [4.78, 5) is 43.0. The third-order valence-electron chi connectivity index (χ3n) is 7.53. The minimum Gasteiger partial charge on any atom is -0.494 e. The summed E-state index contributed by atoms with van der Waals surface area (Å²) in [6, 6.07) is 5.97. The molecule has 3 amide bonds. The van der Waals surface area contributed by atoms with Crippen LogP contribution in [0.3, 0.4) is 0 Å². The maximum absolute atomic E-state index is 14.1.